The molecule has 0 saturated heterocycles. The molecule has 130 valence electrons. The number of ether oxygens (including phenoxy) is 1. The highest BCUT2D eigenvalue weighted by Crippen LogP contribution is 2.28. The number of aromatic nitrogens is 2. The van der Waals surface area contributed by atoms with Crippen LogP contribution in [-0.2, 0) is 6.61 Å². The van der Waals surface area contributed by atoms with E-state index in [1.165, 1.54) is 0 Å². The maximum atomic E-state index is 6.22. The van der Waals surface area contributed by atoms with Crippen molar-refractivity contribution in [2.45, 2.75) is 6.61 Å². The second kappa shape index (κ2) is 6.90. The molecule has 2 aromatic carbocycles. The van der Waals surface area contributed by atoms with Crippen LogP contribution in [0.25, 0.3) is 16.9 Å². The summed E-state index contributed by atoms with van der Waals surface area (Å²) in [6.45, 7) is 0.266. The molecule has 0 radical (unpaired) electrons. The number of halogens is 2. The van der Waals surface area contributed by atoms with Gasteiger partial charge in [-0.05, 0) is 36.4 Å². The smallest absolute Gasteiger partial charge is 0.180 e. The predicted octanol–water partition coefficient (Wildman–Crippen LogP) is 5.47. The Kier molecular flexibility index (Phi) is 4.45. The van der Waals surface area contributed by atoms with Gasteiger partial charge < -0.3 is 14.9 Å². The predicted molar refractivity (Wildman–Crippen MR) is 106 cm³/mol. The van der Waals surface area contributed by atoms with Gasteiger partial charge >= 0.3 is 0 Å². The summed E-state index contributed by atoms with van der Waals surface area (Å²) in [5.74, 6) is 0.658. The van der Waals surface area contributed by atoms with Crippen molar-refractivity contribution in [1.82, 2.24) is 9.38 Å². The number of rotatable bonds is 4. The summed E-state index contributed by atoms with van der Waals surface area (Å²) in [7, 11) is 0. The Morgan fingerprint density at radius 2 is 1.69 bits per heavy atom. The number of pyridine rings is 1. The summed E-state index contributed by atoms with van der Waals surface area (Å²) in [6, 6.07) is 16.8. The average molecular weight is 384 g/mol. The van der Waals surface area contributed by atoms with Gasteiger partial charge in [0.1, 0.15) is 6.61 Å². The van der Waals surface area contributed by atoms with Gasteiger partial charge in [-0.3, -0.25) is 0 Å². The summed E-state index contributed by atoms with van der Waals surface area (Å²) in [5.41, 5.74) is 9.79. The Balaban J connectivity index is 1.66. The third kappa shape index (κ3) is 3.21. The van der Waals surface area contributed by atoms with Crippen molar-refractivity contribution in [2.75, 3.05) is 5.73 Å². The SMILES string of the molecule is Nc1ccc(-c2cn3cccc(OCc4c(Cl)cccc4Cl)c3n2)cc1. The summed E-state index contributed by atoms with van der Waals surface area (Å²) in [5, 5.41) is 1.16. The maximum Gasteiger partial charge on any atom is 0.180 e. The van der Waals surface area contributed by atoms with Crippen LogP contribution in [-0.4, -0.2) is 9.38 Å². The van der Waals surface area contributed by atoms with Crippen LogP contribution < -0.4 is 10.5 Å². The molecule has 0 spiro atoms. The Morgan fingerprint density at radius 3 is 2.42 bits per heavy atom. The molecule has 0 aliphatic heterocycles. The highest BCUT2D eigenvalue weighted by atomic mass is 35.5. The van der Waals surface area contributed by atoms with E-state index in [2.05, 4.69) is 0 Å². The molecular formula is C20H15Cl2N3O. The number of benzene rings is 2. The maximum absolute atomic E-state index is 6.22. The Labute approximate surface area is 160 Å². The minimum absolute atomic E-state index is 0.266. The number of imidazole rings is 1. The average Bonchev–Trinajstić information content (AvgIpc) is 3.07. The van der Waals surface area contributed by atoms with Gasteiger partial charge in [0.2, 0.25) is 0 Å². The highest BCUT2D eigenvalue weighted by Gasteiger charge is 2.11. The van der Waals surface area contributed by atoms with Crippen LogP contribution >= 0.6 is 23.2 Å². The Bertz CT molecular complexity index is 1050. The van der Waals surface area contributed by atoms with E-state index in [4.69, 9.17) is 38.7 Å². The first-order valence-electron chi connectivity index (χ1n) is 8.01. The number of fused-ring (bicyclic) bond motifs is 1. The first kappa shape index (κ1) is 16.8. The van der Waals surface area contributed by atoms with E-state index in [9.17, 15) is 0 Å². The van der Waals surface area contributed by atoms with Crippen LogP contribution in [0.15, 0.2) is 67.0 Å². The first-order chi connectivity index (χ1) is 12.6. The van der Waals surface area contributed by atoms with E-state index in [1.54, 1.807) is 12.1 Å². The first-order valence-corrected chi connectivity index (χ1v) is 8.77. The van der Waals surface area contributed by atoms with Crippen LogP contribution in [0.5, 0.6) is 5.75 Å². The number of anilines is 1. The van der Waals surface area contributed by atoms with Gasteiger partial charge in [0.15, 0.2) is 11.4 Å². The lowest BCUT2D eigenvalue weighted by Gasteiger charge is -2.10. The molecule has 0 atom stereocenters. The van der Waals surface area contributed by atoms with Crippen molar-refractivity contribution in [3.63, 3.8) is 0 Å². The molecule has 0 unspecified atom stereocenters. The molecule has 0 aliphatic rings. The Hall–Kier alpha value is -2.69. The second-order valence-corrected chi connectivity index (χ2v) is 6.65. The van der Waals surface area contributed by atoms with E-state index < -0.39 is 0 Å². The zero-order chi connectivity index (χ0) is 18.1. The van der Waals surface area contributed by atoms with E-state index in [1.807, 2.05) is 59.3 Å². The number of nitrogens with two attached hydrogens (primary N) is 1. The van der Waals surface area contributed by atoms with Crippen LogP contribution in [0.3, 0.4) is 0 Å². The number of hydrogen-bond acceptors (Lipinski definition) is 3. The number of nitrogen functional groups attached to an aromatic ring is 1. The molecule has 26 heavy (non-hydrogen) atoms. The minimum atomic E-state index is 0.266. The van der Waals surface area contributed by atoms with Crippen LogP contribution in [0.4, 0.5) is 5.69 Å². The number of hydrogen-bond donors (Lipinski definition) is 1. The molecule has 4 rings (SSSR count). The number of nitrogens with zero attached hydrogens (tertiary/aromatic N) is 2. The molecule has 0 fully saturated rings. The fourth-order valence-electron chi connectivity index (χ4n) is 2.71. The largest absolute Gasteiger partial charge is 0.485 e. The lowest BCUT2D eigenvalue weighted by atomic mass is 10.1. The van der Waals surface area contributed by atoms with Crippen LogP contribution in [0.1, 0.15) is 5.56 Å². The monoisotopic (exact) mass is 383 g/mol. The summed E-state index contributed by atoms with van der Waals surface area (Å²) in [6.07, 6.45) is 3.88. The van der Waals surface area contributed by atoms with Gasteiger partial charge in [-0.15, -0.1) is 0 Å². The Morgan fingerprint density at radius 1 is 0.962 bits per heavy atom. The molecular weight excluding hydrogens is 369 g/mol. The molecule has 0 saturated carbocycles. The molecule has 6 heteroatoms. The second-order valence-electron chi connectivity index (χ2n) is 5.84. The molecule has 2 heterocycles. The molecule has 0 bridgehead atoms. The zero-order valence-electron chi connectivity index (χ0n) is 13.7. The zero-order valence-corrected chi connectivity index (χ0v) is 15.2. The van der Waals surface area contributed by atoms with Crippen LogP contribution in [0.2, 0.25) is 10.0 Å². The highest BCUT2D eigenvalue weighted by molar-refractivity contribution is 6.35. The van der Waals surface area contributed by atoms with Gasteiger partial charge in [0.25, 0.3) is 0 Å². The molecule has 2 N–H and O–H groups in total. The van der Waals surface area contributed by atoms with Gasteiger partial charge in [-0.2, -0.15) is 0 Å². The summed E-state index contributed by atoms with van der Waals surface area (Å²) >= 11 is 12.4. The molecule has 0 amide bonds. The standard InChI is InChI=1S/C20H15Cl2N3O/c21-16-3-1-4-17(22)15(16)12-26-19-5-2-10-25-11-18(24-20(19)25)13-6-8-14(23)9-7-13/h1-11H,12,23H2. The fourth-order valence-corrected chi connectivity index (χ4v) is 3.22. The van der Waals surface area contributed by atoms with Crippen LogP contribution in [0, 0.1) is 0 Å². The third-order valence-electron chi connectivity index (χ3n) is 4.09. The molecule has 0 aliphatic carbocycles. The van der Waals surface area contributed by atoms with E-state index in [0.29, 0.717) is 15.8 Å². The van der Waals surface area contributed by atoms with E-state index in [0.717, 1.165) is 28.2 Å². The van der Waals surface area contributed by atoms with Gasteiger partial charge in [0, 0.05) is 39.3 Å². The normalized spacial score (nSPS) is 11.0. The quantitative estimate of drug-likeness (QED) is 0.475. The van der Waals surface area contributed by atoms with Crippen molar-refractivity contribution in [3.05, 3.63) is 82.6 Å². The van der Waals surface area contributed by atoms with Crippen molar-refractivity contribution in [2.24, 2.45) is 0 Å². The van der Waals surface area contributed by atoms with Crippen molar-refractivity contribution in [1.29, 1.82) is 0 Å². The van der Waals surface area contributed by atoms with Gasteiger partial charge in [-0.25, -0.2) is 4.98 Å². The molecule has 4 aromatic rings. The lowest BCUT2D eigenvalue weighted by Crippen LogP contribution is -1.99. The molecule has 4 nitrogen and oxygen atoms in total. The molecule has 2 aromatic heterocycles. The van der Waals surface area contributed by atoms with E-state index >= 15 is 0 Å². The van der Waals surface area contributed by atoms with Crippen molar-refractivity contribution in [3.8, 4) is 17.0 Å². The van der Waals surface area contributed by atoms with E-state index in [-0.39, 0.29) is 6.61 Å². The third-order valence-corrected chi connectivity index (χ3v) is 4.80. The topological polar surface area (TPSA) is 52.5 Å². The summed E-state index contributed by atoms with van der Waals surface area (Å²) < 4.78 is 7.89. The van der Waals surface area contributed by atoms with Gasteiger partial charge in [-0.1, -0.05) is 41.4 Å². The van der Waals surface area contributed by atoms with Crippen molar-refractivity contribution >= 4 is 34.5 Å². The van der Waals surface area contributed by atoms with Crippen molar-refractivity contribution < 1.29 is 4.74 Å². The minimum Gasteiger partial charge on any atom is -0.485 e. The fraction of sp³-hybridized carbons (Fsp3) is 0.0500. The summed E-state index contributed by atoms with van der Waals surface area (Å²) in [4.78, 5) is 4.70. The van der Waals surface area contributed by atoms with Gasteiger partial charge in [0.05, 0.1) is 5.69 Å². The lowest BCUT2D eigenvalue weighted by molar-refractivity contribution is 0.308.